The van der Waals surface area contributed by atoms with Crippen molar-refractivity contribution in [2.75, 3.05) is 0 Å². The van der Waals surface area contributed by atoms with Crippen LogP contribution in [0, 0.1) is 0 Å². The van der Waals surface area contributed by atoms with Gasteiger partial charge in [0.2, 0.25) is 0 Å². The summed E-state index contributed by atoms with van der Waals surface area (Å²) in [7, 11) is 0. The molecule has 0 heterocycles. The minimum Gasteiger partial charge on any atom is -0.328 e. The molecule has 0 aliphatic rings. The van der Waals surface area contributed by atoms with Crippen LogP contribution in [0.25, 0.3) is 0 Å². The molecular formula is C22H34N2. The van der Waals surface area contributed by atoms with Gasteiger partial charge in [-0.05, 0) is 61.8 Å². The second-order valence-electron chi connectivity index (χ2n) is 6.61. The average Bonchev–Trinajstić information content (AvgIpc) is 2.55. The summed E-state index contributed by atoms with van der Waals surface area (Å²) in [4.78, 5) is 0. The van der Waals surface area contributed by atoms with E-state index < -0.39 is 0 Å². The van der Waals surface area contributed by atoms with Crippen molar-refractivity contribution < 1.29 is 0 Å². The third-order valence-electron chi connectivity index (χ3n) is 4.08. The fraction of sp³-hybridized carbons (Fsp3) is 0.455. The van der Waals surface area contributed by atoms with Crippen LogP contribution in [0.15, 0.2) is 48.5 Å². The van der Waals surface area contributed by atoms with Crippen molar-refractivity contribution in [2.24, 2.45) is 11.5 Å². The van der Waals surface area contributed by atoms with Crippen molar-refractivity contribution in [1.82, 2.24) is 0 Å². The first-order chi connectivity index (χ1) is 11.5. The molecule has 2 atom stereocenters. The number of benzene rings is 2. The molecule has 2 rings (SSSR count). The maximum Gasteiger partial charge on any atom is 0.00510 e. The Kier molecular flexibility index (Phi) is 9.36. The fourth-order valence-corrected chi connectivity index (χ4v) is 2.90. The Morgan fingerprint density at radius 2 is 0.917 bits per heavy atom. The van der Waals surface area contributed by atoms with Gasteiger partial charge in [0.15, 0.2) is 0 Å². The van der Waals surface area contributed by atoms with Crippen molar-refractivity contribution in [3.63, 3.8) is 0 Å². The lowest BCUT2D eigenvalue weighted by atomic mass is 10.00. The monoisotopic (exact) mass is 326 g/mol. The van der Waals surface area contributed by atoms with E-state index in [1.54, 1.807) is 0 Å². The number of hydrogen-bond donors (Lipinski definition) is 2. The lowest BCUT2D eigenvalue weighted by Crippen LogP contribution is -2.18. The van der Waals surface area contributed by atoms with Crippen LogP contribution in [0.4, 0.5) is 0 Å². The van der Waals surface area contributed by atoms with Gasteiger partial charge in [0.25, 0.3) is 0 Å². The van der Waals surface area contributed by atoms with E-state index in [0.717, 1.165) is 25.7 Å². The van der Waals surface area contributed by atoms with Crippen LogP contribution in [0.3, 0.4) is 0 Å². The molecule has 0 amide bonds. The van der Waals surface area contributed by atoms with E-state index in [1.807, 2.05) is 13.8 Å². The Hall–Kier alpha value is -1.64. The summed E-state index contributed by atoms with van der Waals surface area (Å²) in [5, 5.41) is 0. The highest BCUT2D eigenvalue weighted by atomic mass is 14.6. The Morgan fingerprint density at radius 3 is 1.17 bits per heavy atom. The van der Waals surface area contributed by atoms with E-state index in [0.29, 0.717) is 0 Å². The molecule has 0 aliphatic heterocycles. The number of hydrogen-bond acceptors (Lipinski definition) is 2. The van der Waals surface area contributed by atoms with Gasteiger partial charge < -0.3 is 11.5 Å². The fourth-order valence-electron chi connectivity index (χ4n) is 2.90. The van der Waals surface area contributed by atoms with Gasteiger partial charge in [-0.25, -0.2) is 0 Å². The van der Waals surface area contributed by atoms with Crippen LogP contribution in [0.2, 0.25) is 0 Å². The molecule has 24 heavy (non-hydrogen) atoms. The van der Waals surface area contributed by atoms with Crippen molar-refractivity contribution in [2.45, 2.75) is 65.5 Å². The van der Waals surface area contributed by atoms with Gasteiger partial charge in [0.05, 0.1) is 0 Å². The maximum atomic E-state index is 5.75. The van der Waals surface area contributed by atoms with Crippen molar-refractivity contribution >= 4 is 0 Å². The second kappa shape index (κ2) is 11.0. The van der Waals surface area contributed by atoms with Gasteiger partial charge in [0, 0.05) is 12.1 Å². The number of rotatable bonds is 6. The van der Waals surface area contributed by atoms with Gasteiger partial charge in [0.1, 0.15) is 0 Å². The Labute approximate surface area is 148 Å². The molecule has 0 bridgehead atoms. The molecule has 0 aromatic heterocycles. The van der Waals surface area contributed by atoms with Gasteiger partial charge in [-0.2, -0.15) is 0 Å². The zero-order chi connectivity index (χ0) is 17.9. The van der Waals surface area contributed by atoms with Crippen LogP contribution in [-0.2, 0) is 25.7 Å². The summed E-state index contributed by atoms with van der Waals surface area (Å²) in [6.07, 6.45) is 4.18. The Balaban J connectivity index is 0.000000240. The summed E-state index contributed by atoms with van der Waals surface area (Å²) in [5.41, 5.74) is 17.1. The van der Waals surface area contributed by atoms with Crippen LogP contribution in [0.1, 0.15) is 49.9 Å². The molecule has 2 nitrogen and oxygen atoms in total. The molecule has 132 valence electrons. The van der Waals surface area contributed by atoms with E-state index in [9.17, 15) is 0 Å². The highest BCUT2D eigenvalue weighted by Crippen LogP contribution is 2.11. The summed E-state index contributed by atoms with van der Waals surface area (Å²) in [6, 6.07) is 17.6. The molecule has 2 aromatic rings. The lowest BCUT2D eigenvalue weighted by Gasteiger charge is -2.09. The number of nitrogens with two attached hydrogens (primary N) is 2. The van der Waals surface area contributed by atoms with Crippen molar-refractivity contribution in [3.8, 4) is 0 Å². The summed E-state index contributed by atoms with van der Waals surface area (Å²) >= 11 is 0. The molecule has 0 radical (unpaired) electrons. The normalized spacial score (nSPS) is 12.9. The summed E-state index contributed by atoms with van der Waals surface area (Å²) in [5.74, 6) is 0. The molecule has 0 saturated heterocycles. The highest BCUT2D eigenvalue weighted by Gasteiger charge is 2.02. The van der Waals surface area contributed by atoms with E-state index in [1.165, 1.54) is 22.3 Å². The minimum atomic E-state index is 0.262. The van der Waals surface area contributed by atoms with Crippen LogP contribution in [-0.4, -0.2) is 12.1 Å². The molecule has 0 aliphatic carbocycles. The van der Waals surface area contributed by atoms with E-state index in [2.05, 4.69) is 62.4 Å². The average molecular weight is 327 g/mol. The smallest absolute Gasteiger partial charge is 0.00510 e. The Bertz CT molecular complexity index is 535. The summed E-state index contributed by atoms with van der Waals surface area (Å²) in [6.45, 7) is 8.46. The zero-order valence-corrected chi connectivity index (χ0v) is 15.8. The van der Waals surface area contributed by atoms with Crippen LogP contribution >= 0.6 is 0 Å². The zero-order valence-electron chi connectivity index (χ0n) is 15.8. The first-order valence-electron chi connectivity index (χ1n) is 9.12. The van der Waals surface area contributed by atoms with Gasteiger partial charge >= 0.3 is 0 Å². The van der Waals surface area contributed by atoms with E-state index in [4.69, 9.17) is 11.5 Å². The van der Waals surface area contributed by atoms with E-state index >= 15 is 0 Å². The van der Waals surface area contributed by atoms with Gasteiger partial charge in [-0.3, -0.25) is 0 Å². The van der Waals surface area contributed by atoms with Crippen molar-refractivity contribution in [1.29, 1.82) is 0 Å². The molecule has 0 fully saturated rings. The summed E-state index contributed by atoms with van der Waals surface area (Å²) < 4.78 is 0. The first-order valence-corrected chi connectivity index (χ1v) is 9.12. The molecular weight excluding hydrogens is 292 g/mol. The van der Waals surface area contributed by atoms with E-state index in [-0.39, 0.29) is 12.1 Å². The standard InChI is InChI=1S/2C11H17N/c2*1-3-10-6-4-5-7-11(10)8-9(2)12/h2*4-7,9H,3,8,12H2,1-2H3. The third kappa shape index (κ3) is 7.29. The Morgan fingerprint density at radius 1 is 0.625 bits per heavy atom. The maximum absolute atomic E-state index is 5.75. The molecule has 4 N–H and O–H groups in total. The minimum absolute atomic E-state index is 0.262. The quantitative estimate of drug-likeness (QED) is 0.832. The van der Waals surface area contributed by atoms with Gasteiger partial charge in [-0.15, -0.1) is 0 Å². The largest absolute Gasteiger partial charge is 0.328 e. The molecule has 2 unspecified atom stereocenters. The predicted molar refractivity (Wildman–Crippen MR) is 106 cm³/mol. The topological polar surface area (TPSA) is 52.0 Å². The second-order valence-corrected chi connectivity index (χ2v) is 6.61. The SMILES string of the molecule is CCc1ccccc1CC(C)N.CCc1ccccc1CC(C)N. The molecule has 2 aromatic carbocycles. The first kappa shape index (κ1) is 20.4. The number of aryl methyl sites for hydroxylation is 2. The predicted octanol–water partition coefficient (Wildman–Crippen LogP) is 4.28. The van der Waals surface area contributed by atoms with Crippen molar-refractivity contribution in [3.05, 3.63) is 70.8 Å². The molecule has 2 heteroatoms. The molecule has 0 spiro atoms. The van der Waals surface area contributed by atoms with Crippen LogP contribution < -0.4 is 11.5 Å². The van der Waals surface area contributed by atoms with Crippen LogP contribution in [0.5, 0.6) is 0 Å². The molecule has 0 saturated carbocycles. The highest BCUT2D eigenvalue weighted by molar-refractivity contribution is 5.28. The lowest BCUT2D eigenvalue weighted by molar-refractivity contribution is 0.731. The van der Waals surface area contributed by atoms with Gasteiger partial charge in [-0.1, -0.05) is 62.4 Å². The third-order valence-corrected chi connectivity index (χ3v) is 4.08.